The molecule has 0 bridgehead atoms. The van der Waals surface area contributed by atoms with Crippen molar-refractivity contribution in [2.45, 2.75) is 12.8 Å². The Bertz CT molecular complexity index is 611. The highest BCUT2D eigenvalue weighted by Gasteiger charge is 2.03. The largest absolute Gasteiger partial charge is 0.353 e. The third-order valence-electron chi connectivity index (χ3n) is 3.01. The van der Waals surface area contributed by atoms with Crippen LogP contribution in [0.15, 0.2) is 48.8 Å². The van der Waals surface area contributed by atoms with E-state index in [1.165, 1.54) is 16.5 Å². The fourth-order valence-corrected chi connectivity index (χ4v) is 2.08. The summed E-state index contributed by atoms with van der Waals surface area (Å²) < 4.78 is 0. The van der Waals surface area contributed by atoms with E-state index in [9.17, 15) is 0 Å². The van der Waals surface area contributed by atoms with Gasteiger partial charge in [-0.2, -0.15) is 0 Å². The molecule has 0 aliphatic heterocycles. The van der Waals surface area contributed by atoms with Crippen molar-refractivity contribution in [1.29, 1.82) is 0 Å². The smallest absolute Gasteiger partial charge is 0.0666 e. The van der Waals surface area contributed by atoms with Gasteiger partial charge in [0.1, 0.15) is 0 Å². The van der Waals surface area contributed by atoms with Gasteiger partial charge in [0.05, 0.1) is 6.20 Å². The van der Waals surface area contributed by atoms with Gasteiger partial charge >= 0.3 is 0 Å². The second kappa shape index (κ2) is 4.42. The van der Waals surface area contributed by atoms with E-state index in [0.29, 0.717) is 0 Å². The number of H-pyrrole nitrogens is 1. The van der Waals surface area contributed by atoms with Crippen LogP contribution >= 0.6 is 0 Å². The minimum absolute atomic E-state index is 1.01. The van der Waals surface area contributed by atoms with Gasteiger partial charge < -0.3 is 4.98 Å². The Hall–Kier alpha value is -2.09. The number of aromatic amines is 1. The lowest BCUT2D eigenvalue weighted by Gasteiger charge is -1.99. The maximum absolute atomic E-state index is 4.03. The van der Waals surface area contributed by atoms with Crippen molar-refractivity contribution in [2.75, 3.05) is 0 Å². The first-order chi connectivity index (χ1) is 8.43. The van der Waals surface area contributed by atoms with Gasteiger partial charge in [0, 0.05) is 23.3 Å². The molecule has 0 unspecified atom stereocenters. The molecule has 0 saturated heterocycles. The molecular formula is C15H13N2. The number of rotatable bonds is 3. The summed E-state index contributed by atoms with van der Waals surface area (Å²) in [6, 6.07) is 12.5. The number of benzene rings is 1. The van der Waals surface area contributed by atoms with Crippen LogP contribution in [-0.4, -0.2) is 9.97 Å². The highest BCUT2D eigenvalue weighted by atomic mass is 14.7. The van der Waals surface area contributed by atoms with Gasteiger partial charge in [0.25, 0.3) is 0 Å². The SMILES string of the molecule is [c]1[nH]c2ccccc2c1CCc1ccncc1. The highest BCUT2D eigenvalue weighted by molar-refractivity contribution is 5.82. The molecule has 2 heterocycles. The minimum Gasteiger partial charge on any atom is -0.353 e. The summed E-state index contributed by atoms with van der Waals surface area (Å²) in [4.78, 5) is 7.21. The first-order valence-electron chi connectivity index (χ1n) is 5.79. The topological polar surface area (TPSA) is 28.7 Å². The number of nitrogens with one attached hydrogen (secondary N) is 1. The second-order valence-corrected chi connectivity index (χ2v) is 4.13. The third kappa shape index (κ3) is 2.07. The summed E-state index contributed by atoms with van der Waals surface area (Å²) in [5.41, 5.74) is 3.74. The zero-order valence-electron chi connectivity index (χ0n) is 9.48. The summed E-state index contributed by atoms with van der Waals surface area (Å²) in [6.07, 6.45) is 8.96. The van der Waals surface area contributed by atoms with Crippen LogP contribution in [0.25, 0.3) is 10.9 Å². The van der Waals surface area contributed by atoms with E-state index < -0.39 is 0 Å². The summed E-state index contributed by atoms with van der Waals surface area (Å²) in [5, 5.41) is 1.28. The fraction of sp³-hybridized carbons (Fsp3) is 0.133. The van der Waals surface area contributed by atoms with Crippen LogP contribution < -0.4 is 0 Å². The predicted octanol–water partition coefficient (Wildman–Crippen LogP) is 3.15. The average Bonchev–Trinajstić information content (AvgIpc) is 2.81. The number of pyridine rings is 1. The monoisotopic (exact) mass is 221 g/mol. The Kier molecular flexibility index (Phi) is 2.62. The van der Waals surface area contributed by atoms with Crippen molar-refractivity contribution >= 4 is 10.9 Å². The Morgan fingerprint density at radius 1 is 1.00 bits per heavy atom. The number of aryl methyl sites for hydroxylation is 2. The van der Waals surface area contributed by atoms with Crippen molar-refractivity contribution in [3.63, 3.8) is 0 Å². The molecule has 2 nitrogen and oxygen atoms in total. The number of hydrogen-bond acceptors (Lipinski definition) is 1. The lowest BCUT2D eigenvalue weighted by Crippen LogP contribution is -1.90. The lowest BCUT2D eigenvalue weighted by atomic mass is 10.0. The molecule has 17 heavy (non-hydrogen) atoms. The first kappa shape index (κ1) is 10.1. The number of nitrogens with zero attached hydrogens (tertiary/aromatic N) is 1. The maximum atomic E-state index is 4.03. The minimum atomic E-state index is 1.01. The predicted molar refractivity (Wildman–Crippen MR) is 68.8 cm³/mol. The van der Waals surface area contributed by atoms with Crippen LogP contribution in [0.4, 0.5) is 0 Å². The fourth-order valence-electron chi connectivity index (χ4n) is 2.08. The molecule has 3 rings (SSSR count). The Morgan fingerprint density at radius 3 is 2.71 bits per heavy atom. The van der Waals surface area contributed by atoms with Gasteiger partial charge in [-0.05, 0) is 42.2 Å². The van der Waals surface area contributed by atoms with Crippen LogP contribution in [0.1, 0.15) is 11.1 Å². The molecule has 0 amide bonds. The van der Waals surface area contributed by atoms with E-state index in [0.717, 1.165) is 18.4 Å². The number of aromatic nitrogens is 2. The van der Waals surface area contributed by atoms with Crippen molar-refractivity contribution in [1.82, 2.24) is 9.97 Å². The summed E-state index contributed by atoms with van der Waals surface area (Å²) in [6.45, 7) is 0. The summed E-state index contributed by atoms with van der Waals surface area (Å²) in [5.74, 6) is 0. The van der Waals surface area contributed by atoms with E-state index >= 15 is 0 Å². The zero-order valence-corrected chi connectivity index (χ0v) is 9.48. The Morgan fingerprint density at radius 2 is 1.82 bits per heavy atom. The second-order valence-electron chi connectivity index (χ2n) is 4.13. The molecule has 3 aromatic rings. The summed E-state index contributed by atoms with van der Waals surface area (Å²) >= 11 is 0. The van der Waals surface area contributed by atoms with E-state index in [4.69, 9.17) is 0 Å². The number of fused-ring (bicyclic) bond motifs is 1. The Balaban J connectivity index is 1.82. The van der Waals surface area contributed by atoms with Crippen molar-refractivity contribution < 1.29 is 0 Å². The molecule has 0 atom stereocenters. The molecule has 2 heteroatoms. The zero-order chi connectivity index (χ0) is 11.5. The molecule has 0 aliphatic carbocycles. The van der Waals surface area contributed by atoms with Gasteiger partial charge in [-0.1, -0.05) is 18.2 Å². The van der Waals surface area contributed by atoms with Gasteiger partial charge in [-0.15, -0.1) is 0 Å². The quantitative estimate of drug-likeness (QED) is 0.723. The van der Waals surface area contributed by atoms with E-state index in [1.807, 2.05) is 18.5 Å². The molecule has 0 saturated carbocycles. The van der Waals surface area contributed by atoms with E-state index in [2.05, 4.69) is 46.5 Å². The van der Waals surface area contributed by atoms with Crippen LogP contribution in [0.2, 0.25) is 0 Å². The average molecular weight is 221 g/mol. The normalized spacial score (nSPS) is 10.8. The molecular weight excluding hydrogens is 208 g/mol. The van der Waals surface area contributed by atoms with E-state index in [-0.39, 0.29) is 0 Å². The van der Waals surface area contributed by atoms with Gasteiger partial charge in [-0.25, -0.2) is 0 Å². The molecule has 83 valence electrons. The number of para-hydroxylation sites is 1. The van der Waals surface area contributed by atoms with Crippen molar-refractivity contribution in [2.24, 2.45) is 0 Å². The van der Waals surface area contributed by atoms with Crippen molar-refractivity contribution in [3.8, 4) is 0 Å². The molecule has 2 aromatic heterocycles. The number of hydrogen-bond donors (Lipinski definition) is 1. The lowest BCUT2D eigenvalue weighted by molar-refractivity contribution is 0.961. The molecule has 1 N–H and O–H groups in total. The Labute approximate surface area is 100 Å². The standard InChI is InChI=1S/C15H13N2/c1-2-4-15-14(3-1)13(11-17-15)6-5-12-7-9-16-10-8-12/h1-4,7-10,17H,5-6H2. The van der Waals surface area contributed by atoms with Crippen molar-refractivity contribution in [3.05, 3.63) is 66.1 Å². The van der Waals surface area contributed by atoms with Gasteiger partial charge in [0.15, 0.2) is 0 Å². The third-order valence-corrected chi connectivity index (χ3v) is 3.01. The van der Waals surface area contributed by atoms with Gasteiger partial charge in [-0.3, -0.25) is 4.98 Å². The van der Waals surface area contributed by atoms with Crippen LogP contribution in [0.3, 0.4) is 0 Å². The molecule has 1 radical (unpaired) electrons. The molecule has 0 spiro atoms. The maximum Gasteiger partial charge on any atom is 0.0666 e. The highest BCUT2D eigenvalue weighted by Crippen LogP contribution is 2.18. The summed E-state index contributed by atoms with van der Waals surface area (Å²) in [7, 11) is 0. The van der Waals surface area contributed by atoms with Crippen LogP contribution in [0, 0.1) is 6.20 Å². The van der Waals surface area contributed by atoms with E-state index in [1.54, 1.807) is 0 Å². The molecule has 1 aromatic carbocycles. The first-order valence-corrected chi connectivity index (χ1v) is 5.79. The van der Waals surface area contributed by atoms with Crippen LogP contribution in [0.5, 0.6) is 0 Å². The van der Waals surface area contributed by atoms with Gasteiger partial charge in [0.2, 0.25) is 0 Å². The molecule has 0 aliphatic rings. The van der Waals surface area contributed by atoms with Crippen LogP contribution in [-0.2, 0) is 12.8 Å². The molecule has 0 fully saturated rings.